The molecule has 0 saturated carbocycles. The van der Waals surface area contributed by atoms with Gasteiger partial charge in [0, 0.05) is 16.1 Å². The molecule has 180 valence electrons. The van der Waals surface area contributed by atoms with Crippen molar-refractivity contribution in [3.05, 3.63) is 93.4 Å². The Morgan fingerprint density at radius 3 is 2.28 bits per heavy atom. The Morgan fingerprint density at radius 2 is 1.67 bits per heavy atom. The molecule has 9 heteroatoms. The van der Waals surface area contributed by atoms with Gasteiger partial charge in [0.05, 0.1) is 39.9 Å². The van der Waals surface area contributed by atoms with Gasteiger partial charge >= 0.3 is 0 Å². The molecule has 1 heterocycles. The van der Waals surface area contributed by atoms with Crippen molar-refractivity contribution in [3.8, 4) is 34.2 Å². The first-order valence-corrected chi connectivity index (χ1v) is 12.7. The second kappa shape index (κ2) is 11.7. The number of nitrogens with one attached hydrogen (secondary N) is 1. The number of hydrogen-bond donors (Lipinski definition) is 1. The lowest BCUT2D eigenvalue weighted by Gasteiger charge is -2.13. The monoisotopic (exact) mass is 553 g/mol. The molecule has 36 heavy (non-hydrogen) atoms. The van der Waals surface area contributed by atoms with Gasteiger partial charge in [-0.1, -0.05) is 89.0 Å². The lowest BCUT2D eigenvalue weighted by atomic mass is 9.99. The van der Waals surface area contributed by atoms with Crippen molar-refractivity contribution in [2.75, 3.05) is 18.2 Å². The maximum Gasteiger partial charge on any atom is 0.234 e. The zero-order chi connectivity index (χ0) is 25.7. The number of nitrogens with zero attached hydrogens (tertiary/aromatic N) is 2. The standard InChI is InChI=1S/C27H18Cl3N3O2S/c1-35-19-9-7-16(8-10-19)20-13-24(17-5-3-2-4-6-17)32-27(21(20)14-31)36-15-25(34)33-26-22(29)11-18(28)12-23(26)30/h2-13H,15H2,1H3,(H,33,34). The van der Waals surface area contributed by atoms with Gasteiger partial charge in [0.15, 0.2) is 0 Å². The molecule has 5 nitrogen and oxygen atoms in total. The van der Waals surface area contributed by atoms with Crippen molar-refractivity contribution in [3.63, 3.8) is 0 Å². The fourth-order valence-electron chi connectivity index (χ4n) is 3.46. The van der Waals surface area contributed by atoms with Crippen LogP contribution in [0.15, 0.2) is 77.8 Å². The van der Waals surface area contributed by atoms with Gasteiger partial charge in [0.25, 0.3) is 0 Å². The second-order valence-corrected chi connectivity index (χ2v) is 9.74. The summed E-state index contributed by atoms with van der Waals surface area (Å²) in [5, 5.41) is 14.0. The molecular weight excluding hydrogens is 537 g/mol. The number of aromatic nitrogens is 1. The molecule has 0 aliphatic rings. The van der Waals surface area contributed by atoms with Gasteiger partial charge < -0.3 is 10.1 Å². The molecule has 3 aromatic carbocycles. The maximum absolute atomic E-state index is 12.7. The summed E-state index contributed by atoms with van der Waals surface area (Å²) in [6, 6.07) is 24.2. The quantitative estimate of drug-likeness (QED) is 0.234. The van der Waals surface area contributed by atoms with E-state index in [0.717, 1.165) is 22.9 Å². The highest BCUT2D eigenvalue weighted by atomic mass is 35.5. The number of methoxy groups -OCH3 is 1. The zero-order valence-electron chi connectivity index (χ0n) is 18.9. The van der Waals surface area contributed by atoms with Crippen LogP contribution in [0.2, 0.25) is 15.1 Å². The minimum absolute atomic E-state index is 0.0166. The lowest BCUT2D eigenvalue weighted by molar-refractivity contribution is -0.113. The number of nitriles is 1. The summed E-state index contributed by atoms with van der Waals surface area (Å²) in [4.78, 5) is 17.5. The molecule has 4 aromatic rings. The molecule has 1 aromatic heterocycles. The van der Waals surface area contributed by atoms with Crippen LogP contribution in [0.1, 0.15) is 5.56 Å². The smallest absolute Gasteiger partial charge is 0.234 e. The fourth-order valence-corrected chi connectivity index (χ4v) is 5.17. The van der Waals surface area contributed by atoms with Gasteiger partial charge in [-0.3, -0.25) is 4.79 Å². The van der Waals surface area contributed by atoms with E-state index in [2.05, 4.69) is 11.4 Å². The van der Waals surface area contributed by atoms with Crippen molar-refractivity contribution in [2.24, 2.45) is 0 Å². The number of rotatable bonds is 7. The summed E-state index contributed by atoms with van der Waals surface area (Å²) in [6.07, 6.45) is 0. The van der Waals surface area contributed by atoms with Crippen LogP contribution in [0.4, 0.5) is 5.69 Å². The molecule has 0 radical (unpaired) electrons. The first-order chi connectivity index (χ1) is 17.4. The molecule has 0 aliphatic heterocycles. The Morgan fingerprint density at radius 1 is 1.00 bits per heavy atom. The van der Waals surface area contributed by atoms with Crippen LogP contribution >= 0.6 is 46.6 Å². The number of amides is 1. The number of thioether (sulfide) groups is 1. The number of halogens is 3. The van der Waals surface area contributed by atoms with E-state index in [1.165, 1.54) is 12.1 Å². The Bertz CT molecular complexity index is 1430. The molecule has 0 aliphatic carbocycles. The highest BCUT2D eigenvalue weighted by Gasteiger charge is 2.18. The van der Waals surface area contributed by atoms with E-state index in [4.69, 9.17) is 44.5 Å². The van der Waals surface area contributed by atoms with E-state index in [-0.39, 0.29) is 27.4 Å². The van der Waals surface area contributed by atoms with Gasteiger partial charge in [-0.25, -0.2) is 4.98 Å². The Labute approximate surface area is 228 Å². The minimum atomic E-state index is -0.354. The molecule has 0 atom stereocenters. The molecule has 0 bridgehead atoms. The largest absolute Gasteiger partial charge is 0.497 e. The molecule has 0 spiro atoms. The number of ether oxygens (including phenoxy) is 1. The van der Waals surface area contributed by atoms with Crippen LogP contribution in [0.3, 0.4) is 0 Å². The van der Waals surface area contributed by atoms with Crippen molar-refractivity contribution in [1.82, 2.24) is 4.98 Å². The van der Waals surface area contributed by atoms with Gasteiger partial charge in [0.1, 0.15) is 16.8 Å². The third-order valence-electron chi connectivity index (χ3n) is 5.18. The van der Waals surface area contributed by atoms with Crippen molar-refractivity contribution in [1.29, 1.82) is 5.26 Å². The van der Waals surface area contributed by atoms with Crippen LogP contribution in [-0.2, 0) is 4.79 Å². The third kappa shape index (κ3) is 5.95. The Kier molecular flexibility index (Phi) is 8.40. The third-order valence-corrected chi connectivity index (χ3v) is 6.97. The van der Waals surface area contributed by atoms with Crippen LogP contribution in [0.25, 0.3) is 22.4 Å². The number of benzene rings is 3. The van der Waals surface area contributed by atoms with E-state index in [1.807, 2.05) is 60.7 Å². The predicted octanol–water partition coefficient (Wildman–Crippen LogP) is 7.99. The summed E-state index contributed by atoms with van der Waals surface area (Å²) >= 11 is 19.5. The summed E-state index contributed by atoms with van der Waals surface area (Å²) in [6.45, 7) is 0. The highest BCUT2D eigenvalue weighted by molar-refractivity contribution is 8.00. The summed E-state index contributed by atoms with van der Waals surface area (Å²) in [5.74, 6) is 0.338. The summed E-state index contributed by atoms with van der Waals surface area (Å²) < 4.78 is 5.26. The topological polar surface area (TPSA) is 75.0 Å². The average molecular weight is 555 g/mol. The molecular formula is C27H18Cl3N3O2S. The average Bonchev–Trinajstić information content (AvgIpc) is 2.89. The number of carbonyl (C=O) groups excluding carboxylic acids is 1. The van der Waals surface area contributed by atoms with E-state index in [1.54, 1.807) is 7.11 Å². The van der Waals surface area contributed by atoms with Gasteiger partial charge in [0.2, 0.25) is 5.91 Å². The van der Waals surface area contributed by atoms with Crippen LogP contribution < -0.4 is 10.1 Å². The van der Waals surface area contributed by atoms with Crippen LogP contribution in [-0.4, -0.2) is 23.8 Å². The fraction of sp³-hybridized carbons (Fsp3) is 0.0741. The van der Waals surface area contributed by atoms with Crippen molar-refractivity contribution >= 4 is 58.2 Å². The van der Waals surface area contributed by atoms with Crippen molar-refractivity contribution in [2.45, 2.75) is 5.03 Å². The molecule has 0 fully saturated rings. The molecule has 1 amide bonds. The van der Waals surface area contributed by atoms with Crippen LogP contribution in [0, 0.1) is 11.3 Å². The molecule has 0 saturated heterocycles. The lowest BCUT2D eigenvalue weighted by Crippen LogP contribution is -2.15. The van der Waals surface area contributed by atoms with Gasteiger partial charge in [-0.2, -0.15) is 5.26 Å². The van der Waals surface area contributed by atoms with Crippen molar-refractivity contribution < 1.29 is 9.53 Å². The summed E-state index contributed by atoms with van der Waals surface area (Å²) in [7, 11) is 1.60. The van der Waals surface area contributed by atoms with Gasteiger partial charge in [-0.05, 0) is 35.9 Å². The van der Waals surface area contributed by atoms with E-state index < -0.39 is 0 Å². The second-order valence-electron chi connectivity index (χ2n) is 7.52. The number of anilines is 1. The number of hydrogen-bond acceptors (Lipinski definition) is 5. The SMILES string of the molecule is COc1ccc(-c2cc(-c3ccccc3)nc(SCC(=O)Nc3c(Cl)cc(Cl)cc3Cl)c2C#N)cc1. The van der Waals surface area contributed by atoms with Gasteiger partial charge in [-0.15, -0.1) is 0 Å². The zero-order valence-corrected chi connectivity index (χ0v) is 22.0. The normalized spacial score (nSPS) is 10.5. The molecule has 0 unspecified atom stereocenters. The maximum atomic E-state index is 12.7. The predicted molar refractivity (Wildman–Crippen MR) is 147 cm³/mol. The van der Waals surface area contributed by atoms with E-state index in [0.29, 0.717) is 32.6 Å². The molecule has 1 N–H and O–H groups in total. The first kappa shape index (κ1) is 25.9. The first-order valence-electron chi connectivity index (χ1n) is 10.6. The number of carbonyl (C=O) groups is 1. The Balaban J connectivity index is 1.68. The van der Waals surface area contributed by atoms with E-state index in [9.17, 15) is 10.1 Å². The summed E-state index contributed by atoms with van der Waals surface area (Å²) in [5.41, 5.74) is 3.77. The molecule has 4 rings (SSSR count). The van der Waals surface area contributed by atoms with E-state index >= 15 is 0 Å². The minimum Gasteiger partial charge on any atom is -0.497 e. The Hall–Kier alpha value is -3.21. The van der Waals surface area contributed by atoms with Crippen LogP contribution in [0.5, 0.6) is 5.75 Å². The number of pyridine rings is 1. The highest BCUT2D eigenvalue weighted by Crippen LogP contribution is 2.36.